The molecular weight excluding hydrogens is 440 g/mol. The summed E-state index contributed by atoms with van der Waals surface area (Å²) >= 11 is 0. The van der Waals surface area contributed by atoms with Gasteiger partial charge in [-0.05, 0) is 23.8 Å². The number of hydrogen-bond acceptors (Lipinski definition) is 7. The number of H-pyrrole nitrogens is 1. The van der Waals surface area contributed by atoms with Gasteiger partial charge in [-0.3, -0.25) is 4.68 Å². The van der Waals surface area contributed by atoms with Crippen LogP contribution in [0.4, 0.5) is 0 Å². The monoisotopic (exact) mass is 462 g/mol. The van der Waals surface area contributed by atoms with Gasteiger partial charge in [-0.15, -0.1) is 0 Å². The summed E-state index contributed by atoms with van der Waals surface area (Å²) in [6.07, 6.45) is 6.95. The lowest BCUT2D eigenvalue weighted by molar-refractivity contribution is 0.360. The van der Waals surface area contributed by atoms with Crippen molar-refractivity contribution in [3.05, 3.63) is 60.8 Å². The third kappa shape index (κ3) is 4.00. The van der Waals surface area contributed by atoms with Crippen LogP contribution in [0.1, 0.15) is 18.0 Å². The average molecular weight is 463 g/mol. The number of rotatable bonds is 6. The molecule has 11 heteroatoms. The van der Waals surface area contributed by atoms with E-state index in [1.807, 2.05) is 18.3 Å². The maximum Gasteiger partial charge on any atom is 0.243 e. The van der Waals surface area contributed by atoms with Gasteiger partial charge in [0, 0.05) is 49.5 Å². The summed E-state index contributed by atoms with van der Waals surface area (Å²) in [6, 6.07) is 10.5. The van der Waals surface area contributed by atoms with E-state index in [2.05, 4.69) is 31.4 Å². The zero-order valence-corrected chi connectivity index (χ0v) is 18.5. The Hall–Kier alpha value is -3.59. The van der Waals surface area contributed by atoms with Crippen molar-refractivity contribution in [1.82, 2.24) is 34.4 Å². The topological polar surface area (TPSA) is 133 Å². The Bertz CT molecular complexity index is 1430. The minimum atomic E-state index is -3.61. The Balaban J connectivity index is 1.50. The minimum Gasteiger partial charge on any atom is -0.346 e. The molecule has 1 aromatic carbocycles. The molecule has 4 heterocycles. The van der Waals surface area contributed by atoms with Gasteiger partial charge in [-0.25, -0.2) is 18.4 Å². The summed E-state index contributed by atoms with van der Waals surface area (Å²) in [6.45, 7) is 2.12. The maximum absolute atomic E-state index is 13.1. The molecule has 168 valence electrons. The molecule has 0 bridgehead atoms. The first kappa shape index (κ1) is 21.3. The van der Waals surface area contributed by atoms with Crippen molar-refractivity contribution in [1.29, 1.82) is 5.26 Å². The van der Waals surface area contributed by atoms with Gasteiger partial charge < -0.3 is 10.3 Å². The molecule has 0 spiro atoms. The van der Waals surface area contributed by atoms with E-state index in [1.165, 1.54) is 10.6 Å². The molecule has 1 unspecified atom stereocenters. The van der Waals surface area contributed by atoms with Gasteiger partial charge in [0.05, 0.1) is 35.3 Å². The van der Waals surface area contributed by atoms with Gasteiger partial charge in [0.1, 0.15) is 12.0 Å². The summed E-state index contributed by atoms with van der Waals surface area (Å²) in [5.74, 6) is 0. The normalized spacial score (nSPS) is 16.0. The highest BCUT2D eigenvalue weighted by atomic mass is 32.2. The summed E-state index contributed by atoms with van der Waals surface area (Å²) in [7, 11) is -3.61. The Kier molecular flexibility index (Phi) is 5.63. The van der Waals surface area contributed by atoms with Gasteiger partial charge in [-0.1, -0.05) is 12.1 Å². The maximum atomic E-state index is 13.1. The van der Waals surface area contributed by atoms with Crippen LogP contribution in [0, 0.1) is 11.3 Å². The number of fused-ring (bicyclic) bond motifs is 1. The fourth-order valence-electron chi connectivity index (χ4n) is 4.10. The van der Waals surface area contributed by atoms with E-state index in [4.69, 9.17) is 0 Å². The molecule has 4 aromatic rings. The van der Waals surface area contributed by atoms with Crippen molar-refractivity contribution in [2.24, 2.45) is 0 Å². The summed E-state index contributed by atoms with van der Waals surface area (Å²) in [5, 5.41) is 18.0. The van der Waals surface area contributed by atoms with Crippen molar-refractivity contribution < 1.29 is 8.42 Å². The molecule has 1 saturated heterocycles. The van der Waals surface area contributed by atoms with Crippen LogP contribution < -0.4 is 5.32 Å². The number of benzene rings is 1. The number of aromatic amines is 1. The lowest BCUT2D eigenvalue weighted by atomic mass is 10.0. The summed E-state index contributed by atoms with van der Waals surface area (Å²) in [4.78, 5) is 11.9. The Morgan fingerprint density at radius 2 is 2.03 bits per heavy atom. The van der Waals surface area contributed by atoms with Crippen LogP contribution in [0.3, 0.4) is 0 Å². The van der Waals surface area contributed by atoms with E-state index in [1.54, 1.807) is 35.3 Å². The van der Waals surface area contributed by atoms with E-state index in [-0.39, 0.29) is 11.3 Å². The molecule has 1 aliphatic heterocycles. The Morgan fingerprint density at radius 3 is 2.85 bits per heavy atom. The lowest BCUT2D eigenvalue weighted by Crippen LogP contribution is -2.46. The number of aromatic nitrogens is 5. The second-order valence-electron chi connectivity index (χ2n) is 7.78. The van der Waals surface area contributed by atoms with Crippen LogP contribution >= 0.6 is 0 Å². The molecule has 1 aliphatic rings. The number of nitrogens with one attached hydrogen (secondary N) is 2. The standard InChI is InChI=1S/C22H22N8O2S/c23-6-4-20(16-2-1-3-18(12-16)33(31,32)29-10-8-24-9-11-29)30-14-17(13-28-30)21-19-5-7-25-22(19)27-15-26-21/h1-3,5,7,12-15,20,24H,4,8-11H2,(H,25,26,27). The predicted molar refractivity (Wildman–Crippen MR) is 122 cm³/mol. The van der Waals surface area contributed by atoms with E-state index in [0.717, 1.165) is 22.3 Å². The fraction of sp³-hybridized carbons (Fsp3) is 0.273. The molecule has 0 amide bonds. The molecule has 33 heavy (non-hydrogen) atoms. The number of sulfonamides is 1. The first-order valence-corrected chi connectivity index (χ1v) is 12.0. The number of piperazine rings is 1. The second kappa shape index (κ2) is 8.74. The first-order valence-electron chi connectivity index (χ1n) is 10.6. The van der Waals surface area contributed by atoms with Gasteiger partial charge >= 0.3 is 0 Å². The minimum absolute atomic E-state index is 0.140. The quantitative estimate of drug-likeness (QED) is 0.447. The zero-order chi connectivity index (χ0) is 22.8. The van der Waals surface area contributed by atoms with Crippen molar-refractivity contribution in [2.75, 3.05) is 26.2 Å². The number of hydrogen-bond donors (Lipinski definition) is 2. The van der Waals surface area contributed by atoms with Crippen LogP contribution in [0.2, 0.25) is 0 Å². The largest absolute Gasteiger partial charge is 0.346 e. The third-order valence-electron chi connectivity index (χ3n) is 5.79. The molecule has 0 radical (unpaired) electrons. The Morgan fingerprint density at radius 1 is 1.18 bits per heavy atom. The smallest absolute Gasteiger partial charge is 0.243 e. The van der Waals surface area contributed by atoms with Crippen LogP contribution in [0.5, 0.6) is 0 Å². The number of nitriles is 1. The molecule has 0 aliphatic carbocycles. The summed E-state index contributed by atoms with van der Waals surface area (Å²) in [5.41, 5.74) is 2.96. The molecule has 1 atom stereocenters. The Labute approximate surface area is 190 Å². The third-order valence-corrected chi connectivity index (χ3v) is 7.68. The molecule has 2 N–H and O–H groups in total. The lowest BCUT2D eigenvalue weighted by Gasteiger charge is -2.27. The first-order chi connectivity index (χ1) is 16.1. The van der Waals surface area contributed by atoms with Crippen molar-refractivity contribution in [2.45, 2.75) is 17.4 Å². The van der Waals surface area contributed by atoms with Crippen molar-refractivity contribution in [3.63, 3.8) is 0 Å². The van der Waals surface area contributed by atoms with Crippen LogP contribution in [0.25, 0.3) is 22.3 Å². The van der Waals surface area contributed by atoms with Gasteiger partial charge in [0.15, 0.2) is 0 Å². The fourth-order valence-corrected chi connectivity index (χ4v) is 5.60. The highest BCUT2D eigenvalue weighted by Gasteiger charge is 2.27. The van der Waals surface area contributed by atoms with Gasteiger partial charge in [0.2, 0.25) is 10.0 Å². The zero-order valence-electron chi connectivity index (χ0n) is 17.7. The average Bonchev–Trinajstić information content (AvgIpc) is 3.53. The van der Waals surface area contributed by atoms with Crippen molar-refractivity contribution >= 4 is 21.1 Å². The molecule has 5 rings (SSSR count). The van der Waals surface area contributed by atoms with E-state index in [9.17, 15) is 13.7 Å². The molecule has 0 saturated carbocycles. The van der Waals surface area contributed by atoms with Crippen LogP contribution in [-0.2, 0) is 10.0 Å². The predicted octanol–water partition coefficient (Wildman–Crippen LogP) is 1.92. The van der Waals surface area contributed by atoms with Gasteiger partial charge in [0.25, 0.3) is 0 Å². The van der Waals surface area contributed by atoms with E-state index >= 15 is 0 Å². The highest BCUT2D eigenvalue weighted by molar-refractivity contribution is 7.89. The molecule has 3 aromatic heterocycles. The molecule has 1 fully saturated rings. The highest BCUT2D eigenvalue weighted by Crippen LogP contribution is 2.29. The molecule has 10 nitrogen and oxygen atoms in total. The SMILES string of the molecule is N#CCC(c1cccc(S(=O)(=O)N2CCNCC2)c1)n1cc(-c2ncnc3[nH]ccc23)cn1. The van der Waals surface area contributed by atoms with Gasteiger partial charge in [-0.2, -0.15) is 14.7 Å². The second-order valence-corrected chi connectivity index (χ2v) is 9.71. The number of nitrogens with zero attached hydrogens (tertiary/aromatic N) is 6. The van der Waals surface area contributed by atoms with Crippen LogP contribution in [0.15, 0.2) is 60.1 Å². The van der Waals surface area contributed by atoms with E-state index < -0.39 is 16.1 Å². The van der Waals surface area contributed by atoms with Crippen molar-refractivity contribution in [3.8, 4) is 17.3 Å². The van der Waals surface area contributed by atoms with E-state index in [0.29, 0.717) is 31.7 Å². The van der Waals surface area contributed by atoms with Crippen LogP contribution in [-0.4, -0.2) is 63.6 Å². The summed E-state index contributed by atoms with van der Waals surface area (Å²) < 4.78 is 29.5. The molecular formula is C22H22N8O2S.